The lowest BCUT2D eigenvalue weighted by Crippen LogP contribution is -2.51. The van der Waals surface area contributed by atoms with Crippen LogP contribution in [-0.4, -0.2) is 34.3 Å². The molecule has 0 aromatic carbocycles. The van der Waals surface area contributed by atoms with E-state index in [4.69, 9.17) is 4.42 Å². The number of aryl methyl sites for hydroxylation is 2. The average molecular weight is 347 g/mol. The molecular formula is C17H21N3O3S. The van der Waals surface area contributed by atoms with Gasteiger partial charge in [-0.2, -0.15) is 0 Å². The Balaban J connectivity index is 1.66. The van der Waals surface area contributed by atoms with Crippen LogP contribution in [0.15, 0.2) is 21.9 Å². The van der Waals surface area contributed by atoms with Gasteiger partial charge in [0.2, 0.25) is 11.8 Å². The summed E-state index contributed by atoms with van der Waals surface area (Å²) in [6, 6.07) is 3.23. The molecule has 128 valence electrons. The summed E-state index contributed by atoms with van der Waals surface area (Å²) in [6.45, 7) is 4.57. The number of nitrogens with zero attached hydrogens (tertiary/aromatic N) is 2. The normalized spacial score (nSPS) is 17.8. The second-order valence-electron chi connectivity index (χ2n) is 5.95. The topological polar surface area (TPSA) is 75.4 Å². The van der Waals surface area contributed by atoms with Gasteiger partial charge in [0.05, 0.1) is 17.1 Å². The molecule has 1 N–H and O–H groups in total. The molecule has 0 aliphatic carbocycles. The third-order valence-electron chi connectivity index (χ3n) is 4.28. The number of carbonyl (C=O) groups is 2. The van der Waals surface area contributed by atoms with Crippen LogP contribution in [0.4, 0.5) is 0 Å². The molecule has 0 radical (unpaired) electrons. The first kappa shape index (κ1) is 16.7. The van der Waals surface area contributed by atoms with Gasteiger partial charge < -0.3 is 14.6 Å². The highest BCUT2D eigenvalue weighted by molar-refractivity contribution is 7.12. The fraction of sp³-hybridized carbons (Fsp3) is 0.471. The van der Waals surface area contributed by atoms with Crippen LogP contribution in [-0.2, 0) is 11.3 Å². The second-order valence-corrected chi connectivity index (χ2v) is 6.90. The van der Waals surface area contributed by atoms with Crippen molar-refractivity contribution < 1.29 is 14.0 Å². The van der Waals surface area contributed by atoms with E-state index < -0.39 is 6.04 Å². The highest BCUT2D eigenvalue weighted by Gasteiger charge is 2.33. The molecule has 3 rings (SSSR count). The highest BCUT2D eigenvalue weighted by Crippen LogP contribution is 2.22. The molecule has 3 heterocycles. The number of hydrogen-bond acceptors (Lipinski definition) is 5. The van der Waals surface area contributed by atoms with E-state index in [1.165, 1.54) is 11.3 Å². The first-order valence-corrected chi connectivity index (χ1v) is 8.99. The van der Waals surface area contributed by atoms with Crippen LogP contribution in [0, 0.1) is 13.8 Å². The van der Waals surface area contributed by atoms with Crippen molar-refractivity contribution in [2.24, 2.45) is 0 Å². The van der Waals surface area contributed by atoms with Crippen LogP contribution in [0.1, 0.15) is 46.3 Å². The molecule has 1 aliphatic rings. The SMILES string of the molecule is Cc1nc(CNC(=O)C2CCCCN2C(=O)c2cccs2)oc1C. The molecular weight excluding hydrogens is 326 g/mol. The maximum Gasteiger partial charge on any atom is 0.264 e. The number of rotatable bonds is 4. The molecule has 0 saturated carbocycles. The zero-order chi connectivity index (χ0) is 17.1. The number of oxazole rings is 1. The lowest BCUT2D eigenvalue weighted by atomic mass is 10.0. The minimum Gasteiger partial charge on any atom is -0.444 e. The Morgan fingerprint density at radius 2 is 2.25 bits per heavy atom. The Labute approximate surface area is 144 Å². The van der Waals surface area contributed by atoms with Gasteiger partial charge in [0, 0.05) is 6.54 Å². The van der Waals surface area contributed by atoms with Gasteiger partial charge in [0.25, 0.3) is 5.91 Å². The van der Waals surface area contributed by atoms with Gasteiger partial charge in [-0.25, -0.2) is 4.98 Å². The van der Waals surface area contributed by atoms with Crippen molar-refractivity contribution in [1.82, 2.24) is 15.2 Å². The van der Waals surface area contributed by atoms with Crippen LogP contribution < -0.4 is 5.32 Å². The number of thiophene rings is 1. The molecule has 0 spiro atoms. The quantitative estimate of drug-likeness (QED) is 0.922. The summed E-state index contributed by atoms with van der Waals surface area (Å²) in [6.07, 6.45) is 2.56. The minimum absolute atomic E-state index is 0.0623. The summed E-state index contributed by atoms with van der Waals surface area (Å²) < 4.78 is 5.48. The van der Waals surface area contributed by atoms with Gasteiger partial charge in [0.15, 0.2) is 0 Å². The largest absolute Gasteiger partial charge is 0.444 e. The van der Waals surface area contributed by atoms with Crippen molar-refractivity contribution in [3.63, 3.8) is 0 Å². The van der Waals surface area contributed by atoms with Gasteiger partial charge in [-0.3, -0.25) is 9.59 Å². The summed E-state index contributed by atoms with van der Waals surface area (Å²) in [5.74, 6) is 1.04. The molecule has 6 nitrogen and oxygen atoms in total. The van der Waals surface area contributed by atoms with Crippen molar-refractivity contribution >= 4 is 23.2 Å². The smallest absolute Gasteiger partial charge is 0.264 e. The average Bonchev–Trinajstić information content (AvgIpc) is 3.22. The predicted molar refractivity (Wildman–Crippen MR) is 90.8 cm³/mol. The van der Waals surface area contributed by atoms with Gasteiger partial charge in [-0.1, -0.05) is 6.07 Å². The number of likely N-dealkylation sites (tertiary alicyclic amines) is 1. The maximum atomic E-state index is 12.6. The number of nitrogens with one attached hydrogen (secondary N) is 1. The molecule has 1 aliphatic heterocycles. The van der Waals surface area contributed by atoms with E-state index >= 15 is 0 Å². The van der Waals surface area contributed by atoms with E-state index in [0.717, 1.165) is 24.3 Å². The molecule has 2 aromatic rings. The first-order valence-electron chi connectivity index (χ1n) is 8.11. The Hall–Kier alpha value is -2.15. The Morgan fingerprint density at radius 3 is 2.92 bits per heavy atom. The molecule has 1 saturated heterocycles. The minimum atomic E-state index is -0.425. The maximum absolute atomic E-state index is 12.6. The van der Waals surface area contributed by atoms with E-state index in [1.807, 2.05) is 25.3 Å². The number of amides is 2. The second kappa shape index (κ2) is 7.17. The molecule has 1 unspecified atom stereocenters. The molecule has 0 bridgehead atoms. The Bertz CT molecular complexity index is 704. The monoisotopic (exact) mass is 347 g/mol. The molecule has 24 heavy (non-hydrogen) atoms. The summed E-state index contributed by atoms with van der Waals surface area (Å²) in [4.78, 5) is 31.8. The molecule has 2 amide bonds. The van der Waals surface area contributed by atoms with E-state index in [1.54, 1.807) is 11.0 Å². The number of hydrogen-bond donors (Lipinski definition) is 1. The Kier molecular flexibility index (Phi) is 4.99. The van der Waals surface area contributed by atoms with Crippen LogP contribution in [0.5, 0.6) is 0 Å². The molecule has 2 aromatic heterocycles. The summed E-state index contributed by atoms with van der Waals surface area (Å²) in [5, 5.41) is 4.73. The van der Waals surface area contributed by atoms with Crippen molar-refractivity contribution in [3.8, 4) is 0 Å². The van der Waals surface area contributed by atoms with Crippen molar-refractivity contribution in [2.45, 2.75) is 45.7 Å². The van der Waals surface area contributed by atoms with Crippen LogP contribution in [0.2, 0.25) is 0 Å². The van der Waals surface area contributed by atoms with E-state index in [9.17, 15) is 9.59 Å². The zero-order valence-corrected chi connectivity index (χ0v) is 14.7. The zero-order valence-electron chi connectivity index (χ0n) is 13.9. The van der Waals surface area contributed by atoms with Crippen molar-refractivity contribution in [2.75, 3.05) is 6.54 Å². The number of piperidine rings is 1. The third kappa shape index (κ3) is 3.51. The van der Waals surface area contributed by atoms with E-state index in [-0.39, 0.29) is 18.4 Å². The molecule has 1 atom stereocenters. The van der Waals surface area contributed by atoms with Crippen LogP contribution in [0.25, 0.3) is 0 Å². The summed E-state index contributed by atoms with van der Waals surface area (Å²) in [7, 11) is 0. The van der Waals surface area contributed by atoms with Crippen LogP contribution >= 0.6 is 11.3 Å². The fourth-order valence-electron chi connectivity index (χ4n) is 2.88. The van der Waals surface area contributed by atoms with E-state index in [0.29, 0.717) is 23.7 Å². The first-order chi connectivity index (χ1) is 11.6. The third-order valence-corrected chi connectivity index (χ3v) is 5.14. The van der Waals surface area contributed by atoms with E-state index in [2.05, 4.69) is 10.3 Å². The molecule has 1 fully saturated rings. The fourth-order valence-corrected chi connectivity index (χ4v) is 3.56. The highest BCUT2D eigenvalue weighted by atomic mass is 32.1. The lowest BCUT2D eigenvalue weighted by molar-refractivity contribution is -0.126. The van der Waals surface area contributed by atoms with Crippen LogP contribution in [0.3, 0.4) is 0 Å². The number of aromatic nitrogens is 1. The van der Waals surface area contributed by atoms with Crippen molar-refractivity contribution in [1.29, 1.82) is 0 Å². The summed E-state index contributed by atoms with van der Waals surface area (Å²) in [5.41, 5.74) is 0.825. The predicted octanol–water partition coefficient (Wildman–Crippen LogP) is 2.66. The lowest BCUT2D eigenvalue weighted by Gasteiger charge is -2.34. The van der Waals surface area contributed by atoms with Gasteiger partial charge in [-0.15, -0.1) is 11.3 Å². The van der Waals surface area contributed by atoms with Gasteiger partial charge >= 0.3 is 0 Å². The standard InChI is InChI=1S/C17H21N3O3S/c1-11-12(2)23-15(19-11)10-18-16(21)13-6-3-4-8-20(13)17(22)14-7-5-9-24-14/h5,7,9,13H,3-4,6,8,10H2,1-2H3,(H,18,21). The number of carbonyl (C=O) groups excluding carboxylic acids is 2. The van der Waals surface area contributed by atoms with Gasteiger partial charge in [-0.05, 0) is 44.6 Å². The molecule has 7 heteroatoms. The van der Waals surface area contributed by atoms with Crippen molar-refractivity contribution in [3.05, 3.63) is 39.7 Å². The Morgan fingerprint density at radius 1 is 1.42 bits per heavy atom. The van der Waals surface area contributed by atoms with Gasteiger partial charge in [0.1, 0.15) is 11.8 Å². The summed E-state index contributed by atoms with van der Waals surface area (Å²) >= 11 is 1.41.